The van der Waals surface area contributed by atoms with Gasteiger partial charge in [0.2, 0.25) is 5.88 Å². The standard InChI is InChI=1S/C13H12FN3O2S/c14-11-4-2-1-3-10(11)13(18)17-6-5-9(8-17)19-12-7-15-20-16-12/h1-4,7,9H,5-6,8H2. The second kappa shape index (κ2) is 5.54. The molecule has 1 saturated heterocycles. The van der Waals surface area contributed by atoms with E-state index >= 15 is 0 Å². The summed E-state index contributed by atoms with van der Waals surface area (Å²) in [6.07, 6.45) is 2.14. The summed E-state index contributed by atoms with van der Waals surface area (Å²) in [5.41, 5.74) is 0.100. The number of benzene rings is 1. The molecule has 2 heterocycles. The molecule has 0 aliphatic carbocycles. The Kier molecular flexibility index (Phi) is 3.60. The Balaban J connectivity index is 1.65. The predicted molar refractivity (Wildman–Crippen MR) is 71.2 cm³/mol. The Morgan fingerprint density at radius 1 is 1.45 bits per heavy atom. The van der Waals surface area contributed by atoms with E-state index in [-0.39, 0.29) is 17.6 Å². The van der Waals surface area contributed by atoms with Gasteiger partial charge in [-0.25, -0.2) is 4.39 Å². The van der Waals surface area contributed by atoms with Crippen molar-refractivity contribution in [2.24, 2.45) is 0 Å². The maximum atomic E-state index is 13.6. The molecule has 7 heteroatoms. The number of halogens is 1. The van der Waals surface area contributed by atoms with Crippen molar-refractivity contribution in [3.8, 4) is 5.88 Å². The van der Waals surface area contributed by atoms with E-state index in [9.17, 15) is 9.18 Å². The summed E-state index contributed by atoms with van der Waals surface area (Å²) in [7, 11) is 0. The molecule has 1 amide bonds. The van der Waals surface area contributed by atoms with Crippen LogP contribution in [-0.4, -0.2) is 38.7 Å². The zero-order chi connectivity index (χ0) is 13.9. The minimum Gasteiger partial charge on any atom is -0.471 e. The largest absolute Gasteiger partial charge is 0.471 e. The van der Waals surface area contributed by atoms with E-state index < -0.39 is 5.82 Å². The molecule has 0 spiro atoms. The summed E-state index contributed by atoms with van der Waals surface area (Å²) >= 11 is 1.07. The number of ether oxygens (including phenoxy) is 1. The zero-order valence-corrected chi connectivity index (χ0v) is 11.3. The van der Waals surface area contributed by atoms with Crippen molar-refractivity contribution in [1.82, 2.24) is 13.6 Å². The number of carbonyl (C=O) groups is 1. The first-order valence-electron chi connectivity index (χ1n) is 6.22. The van der Waals surface area contributed by atoms with Crippen molar-refractivity contribution in [3.05, 3.63) is 41.8 Å². The second-order valence-electron chi connectivity index (χ2n) is 4.51. The lowest BCUT2D eigenvalue weighted by Crippen LogP contribution is -2.31. The molecule has 1 aromatic carbocycles. The zero-order valence-electron chi connectivity index (χ0n) is 10.5. The molecule has 1 aromatic heterocycles. The minimum absolute atomic E-state index is 0.100. The number of likely N-dealkylation sites (tertiary alicyclic amines) is 1. The molecule has 1 aliphatic rings. The third-order valence-corrected chi connectivity index (χ3v) is 3.63. The van der Waals surface area contributed by atoms with Gasteiger partial charge in [-0.3, -0.25) is 4.79 Å². The van der Waals surface area contributed by atoms with Gasteiger partial charge in [-0.2, -0.15) is 4.37 Å². The number of rotatable bonds is 3. The first-order valence-corrected chi connectivity index (χ1v) is 6.95. The van der Waals surface area contributed by atoms with Gasteiger partial charge in [-0.05, 0) is 12.1 Å². The quantitative estimate of drug-likeness (QED) is 0.868. The summed E-state index contributed by atoms with van der Waals surface area (Å²) < 4.78 is 27.0. The van der Waals surface area contributed by atoms with E-state index in [0.29, 0.717) is 25.4 Å². The Bertz CT molecular complexity index is 605. The van der Waals surface area contributed by atoms with Crippen LogP contribution in [0.3, 0.4) is 0 Å². The van der Waals surface area contributed by atoms with E-state index in [1.807, 2.05) is 0 Å². The summed E-state index contributed by atoms with van der Waals surface area (Å²) in [4.78, 5) is 13.8. The molecule has 0 radical (unpaired) electrons. The number of hydrogen-bond acceptors (Lipinski definition) is 5. The van der Waals surface area contributed by atoms with Crippen molar-refractivity contribution in [2.45, 2.75) is 12.5 Å². The Morgan fingerprint density at radius 3 is 3.05 bits per heavy atom. The smallest absolute Gasteiger partial charge is 0.256 e. The first kappa shape index (κ1) is 13.0. The van der Waals surface area contributed by atoms with Gasteiger partial charge in [0.25, 0.3) is 5.91 Å². The summed E-state index contributed by atoms with van der Waals surface area (Å²) in [5.74, 6) is -0.323. The lowest BCUT2D eigenvalue weighted by Gasteiger charge is -2.16. The fourth-order valence-corrected chi connectivity index (χ4v) is 2.55. The van der Waals surface area contributed by atoms with Crippen LogP contribution in [0.4, 0.5) is 4.39 Å². The molecule has 1 unspecified atom stereocenters. The first-order chi connectivity index (χ1) is 9.74. The lowest BCUT2D eigenvalue weighted by atomic mass is 10.2. The molecule has 2 aromatic rings. The molecule has 104 valence electrons. The van der Waals surface area contributed by atoms with Gasteiger partial charge in [-0.1, -0.05) is 12.1 Å². The predicted octanol–water partition coefficient (Wildman–Crippen LogP) is 1.97. The van der Waals surface area contributed by atoms with Crippen LogP contribution < -0.4 is 4.74 Å². The molecule has 5 nitrogen and oxygen atoms in total. The van der Waals surface area contributed by atoms with Crippen molar-refractivity contribution in [2.75, 3.05) is 13.1 Å². The van der Waals surface area contributed by atoms with E-state index in [1.54, 1.807) is 23.2 Å². The second-order valence-corrected chi connectivity index (χ2v) is 5.06. The number of nitrogens with zero attached hydrogens (tertiary/aromatic N) is 3. The SMILES string of the molecule is O=C(c1ccccc1F)N1CCC(Oc2cnsn2)C1. The third kappa shape index (κ3) is 2.62. The van der Waals surface area contributed by atoms with Gasteiger partial charge >= 0.3 is 0 Å². The highest BCUT2D eigenvalue weighted by Gasteiger charge is 2.29. The maximum Gasteiger partial charge on any atom is 0.256 e. The van der Waals surface area contributed by atoms with Crippen molar-refractivity contribution < 1.29 is 13.9 Å². The topological polar surface area (TPSA) is 55.3 Å². The molecule has 1 fully saturated rings. The molecule has 1 aliphatic heterocycles. The molecule has 1 atom stereocenters. The number of amides is 1. The van der Waals surface area contributed by atoms with Gasteiger partial charge in [-0.15, -0.1) is 4.37 Å². The van der Waals surface area contributed by atoms with Crippen LogP contribution in [0.15, 0.2) is 30.5 Å². The van der Waals surface area contributed by atoms with Gasteiger partial charge in [0.05, 0.1) is 23.8 Å². The van der Waals surface area contributed by atoms with E-state index in [4.69, 9.17) is 4.74 Å². The van der Waals surface area contributed by atoms with Crippen LogP contribution in [-0.2, 0) is 0 Å². The summed E-state index contributed by atoms with van der Waals surface area (Å²) in [6.45, 7) is 0.986. The molecule has 3 rings (SSSR count). The van der Waals surface area contributed by atoms with Crippen LogP contribution >= 0.6 is 11.7 Å². The average Bonchev–Trinajstić information content (AvgIpc) is 3.11. The van der Waals surface area contributed by atoms with Gasteiger partial charge in [0.15, 0.2) is 0 Å². The highest BCUT2D eigenvalue weighted by atomic mass is 32.1. The Morgan fingerprint density at radius 2 is 2.30 bits per heavy atom. The molecule has 20 heavy (non-hydrogen) atoms. The fraction of sp³-hybridized carbons (Fsp3) is 0.308. The molecule has 0 bridgehead atoms. The lowest BCUT2D eigenvalue weighted by molar-refractivity contribution is 0.0767. The van der Waals surface area contributed by atoms with Gasteiger partial charge in [0, 0.05) is 13.0 Å². The monoisotopic (exact) mass is 293 g/mol. The van der Waals surface area contributed by atoms with Crippen LogP contribution in [0.2, 0.25) is 0 Å². The summed E-state index contributed by atoms with van der Waals surface area (Å²) in [6, 6.07) is 6.01. The van der Waals surface area contributed by atoms with Crippen molar-refractivity contribution in [3.63, 3.8) is 0 Å². The summed E-state index contributed by atoms with van der Waals surface area (Å²) in [5, 5.41) is 0. The highest BCUT2D eigenvalue weighted by molar-refractivity contribution is 6.99. The number of hydrogen-bond donors (Lipinski definition) is 0. The van der Waals surface area contributed by atoms with E-state index in [1.165, 1.54) is 12.1 Å². The Labute approximate surface area is 119 Å². The van der Waals surface area contributed by atoms with Crippen LogP contribution in [0, 0.1) is 5.82 Å². The third-order valence-electron chi connectivity index (χ3n) is 3.16. The minimum atomic E-state index is -0.495. The number of aromatic nitrogens is 2. The van der Waals surface area contributed by atoms with E-state index in [2.05, 4.69) is 8.75 Å². The van der Waals surface area contributed by atoms with E-state index in [0.717, 1.165) is 11.7 Å². The van der Waals surface area contributed by atoms with Crippen molar-refractivity contribution in [1.29, 1.82) is 0 Å². The fourth-order valence-electron chi connectivity index (χ4n) is 2.19. The van der Waals surface area contributed by atoms with Crippen LogP contribution in [0.5, 0.6) is 5.88 Å². The van der Waals surface area contributed by atoms with Crippen molar-refractivity contribution >= 4 is 17.6 Å². The molecular formula is C13H12FN3O2S. The maximum absolute atomic E-state index is 13.6. The number of carbonyl (C=O) groups excluding carboxylic acids is 1. The molecule has 0 saturated carbocycles. The normalized spacial score (nSPS) is 18.2. The van der Waals surface area contributed by atoms with Gasteiger partial charge in [0.1, 0.15) is 18.1 Å². The van der Waals surface area contributed by atoms with Gasteiger partial charge < -0.3 is 9.64 Å². The molecular weight excluding hydrogens is 281 g/mol. The Hall–Kier alpha value is -2.02. The van der Waals surface area contributed by atoms with Crippen LogP contribution in [0.1, 0.15) is 16.8 Å². The highest BCUT2D eigenvalue weighted by Crippen LogP contribution is 2.19. The van der Waals surface area contributed by atoms with Crippen LogP contribution in [0.25, 0.3) is 0 Å². The molecule has 0 N–H and O–H groups in total. The average molecular weight is 293 g/mol.